The van der Waals surface area contributed by atoms with E-state index in [1.54, 1.807) is 0 Å². The minimum absolute atomic E-state index is 0.141. The molecule has 432 valence electrons. The molecule has 1 aromatic heterocycles. The molecule has 13 rings (SSSR count). The molecule has 10 aromatic carbocycles. The van der Waals surface area contributed by atoms with Crippen molar-refractivity contribution in [3.8, 4) is 55.6 Å². The number of benzene rings is 10. The van der Waals surface area contributed by atoms with Crippen molar-refractivity contribution in [3.05, 3.63) is 271 Å². The number of para-hydroxylation sites is 5. The van der Waals surface area contributed by atoms with Crippen molar-refractivity contribution in [1.29, 1.82) is 0 Å². The minimum atomic E-state index is -0.426. The Morgan fingerprint density at radius 3 is 1.59 bits per heavy atom. The molecule has 5 nitrogen and oxygen atoms in total. The highest BCUT2D eigenvalue weighted by Gasteiger charge is 2.35. The van der Waals surface area contributed by atoms with Crippen molar-refractivity contribution in [3.63, 3.8) is 0 Å². The van der Waals surface area contributed by atoms with Gasteiger partial charge in [-0.3, -0.25) is 4.90 Å². The largest absolute Gasteiger partial charge is 0.321 e. The van der Waals surface area contributed by atoms with E-state index in [-0.39, 0.29) is 51.4 Å². The van der Waals surface area contributed by atoms with Gasteiger partial charge in [-0.15, -0.1) is 0 Å². The summed E-state index contributed by atoms with van der Waals surface area (Å²) in [7, 11) is 0. The van der Waals surface area contributed by atoms with Gasteiger partial charge in [-0.25, -0.2) is 4.98 Å². The quantitative estimate of drug-likeness (QED) is 0.143. The third kappa shape index (κ3) is 10.8. The van der Waals surface area contributed by atoms with E-state index in [2.05, 4.69) is 303 Å². The van der Waals surface area contributed by atoms with Gasteiger partial charge in [0.05, 0.1) is 35.3 Å². The monoisotopic (exact) mass is 1140 g/mol. The topological polar surface area (TPSA) is 25.9 Å². The molecule has 87 heavy (non-hydrogen) atoms. The molecule has 5 heteroatoms. The molecule has 0 aliphatic carbocycles. The molecule has 0 radical (unpaired) electrons. The van der Waals surface area contributed by atoms with Crippen molar-refractivity contribution in [2.24, 2.45) is 0 Å². The van der Waals surface area contributed by atoms with Gasteiger partial charge in [-0.2, -0.15) is 0 Å². The van der Waals surface area contributed by atoms with E-state index in [9.17, 15) is 2.74 Å². The molecule has 0 unspecified atom stereocenters. The highest BCUT2D eigenvalue weighted by atomic mass is 15.4. The van der Waals surface area contributed by atoms with E-state index < -0.39 is 6.04 Å². The number of hydrogen-bond acceptors (Lipinski definition) is 5. The molecule has 0 N–H and O–H groups in total. The maximum absolute atomic E-state index is 9.49. The Morgan fingerprint density at radius 2 is 0.920 bits per heavy atom. The fourth-order valence-electron chi connectivity index (χ4n) is 12.4. The summed E-state index contributed by atoms with van der Waals surface area (Å²) in [5.41, 5.74) is 21.7. The van der Waals surface area contributed by atoms with Crippen LogP contribution >= 0.6 is 0 Å². The first-order valence-corrected chi connectivity index (χ1v) is 30.5. The second kappa shape index (κ2) is 21.8. The predicted molar refractivity (Wildman–Crippen MR) is 371 cm³/mol. The van der Waals surface area contributed by atoms with E-state index in [0.717, 1.165) is 107 Å². The van der Waals surface area contributed by atoms with E-state index in [4.69, 9.17) is 9.10 Å². The zero-order valence-corrected chi connectivity index (χ0v) is 52.2. The van der Waals surface area contributed by atoms with Crippen LogP contribution in [0.25, 0.3) is 55.6 Å². The Hall–Kier alpha value is -9.45. The van der Waals surface area contributed by atoms with Gasteiger partial charge < -0.3 is 14.7 Å². The average Bonchev–Trinajstić information content (AvgIpc) is 1.47. The zero-order chi connectivity index (χ0) is 64.9. The third-order valence-electron chi connectivity index (χ3n) is 17.3. The first-order chi connectivity index (χ1) is 43.7. The predicted octanol–water partition coefficient (Wildman–Crippen LogP) is 23.1. The lowest BCUT2D eigenvalue weighted by Gasteiger charge is -2.33. The summed E-state index contributed by atoms with van der Waals surface area (Å²) in [5, 5.41) is 0. The van der Waals surface area contributed by atoms with Crippen LogP contribution in [0.1, 0.15) is 112 Å². The Kier molecular flexibility index (Phi) is 12.7. The minimum Gasteiger partial charge on any atom is -0.321 e. The van der Waals surface area contributed by atoms with Gasteiger partial charge in [0, 0.05) is 51.2 Å². The Bertz CT molecular complexity index is 4620. The van der Waals surface area contributed by atoms with Crippen LogP contribution in [0.5, 0.6) is 0 Å². The third-order valence-corrected chi connectivity index (χ3v) is 17.3. The highest BCUT2D eigenvalue weighted by molar-refractivity contribution is 6.05. The van der Waals surface area contributed by atoms with E-state index in [0.29, 0.717) is 12.2 Å². The lowest BCUT2D eigenvalue weighted by molar-refractivity contribution is 0.569. The summed E-state index contributed by atoms with van der Waals surface area (Å²) >= 11 is 0. The van der Waals surface area contributed by atoms with Crippen molar-refractivity contribution in [2.75, 3.05) is 26.3 Å². The van der Waals surface area contributed by atoms with Crippen LogP contribution < -0.4 is 19.6 Å². The molecule has 0 amide bonds. The number of anilines is 10. The SMILES string of the molecule is [2H]c1c([2H])c([2H])c(-c2cccc(-c3cc(C(C)(C)C)cc(C(C)(C)C)c3)c2N2CN(c3cc(N(c4ccccc4)c4ccc5c(c4)N(c4cc(C(C)(C)C)ccn4)c4ccccc4-c4cc(-c6ccccc6)ccc4-5)cc(C(C)(C)C)c3)c3ccccc32)c([2H])c1[2H]. The lowest BCUT2D eigenvalue weighted by atomic mass is 9.78. The van der Waals surface area contributed by atoms with Gasteiger partial charge in [0.1, 0.15) is 12.5 Å². The smallest absolute Gasteiger partial charge is 0.137 e. The van der Waals surface area contributed by atoms with Crippen LogP contribution in [0.3, 0.4) is 0 Å². The van der Waals surface area contributed by atoms with Crippen molar-refractivity contribution >= 4 is 57.0 Å². The second-order valence-electron chi connectivity index (χ2n) is 27.5. The molecule has 0 spiro atoms. The number of aromatic nitrogens is 1. The molecule has 2 aliphatic heterocycles. The van der Waals surface area contributed by atoms with Crippen LogP contribution in [0.2, 0.25) is 0 Å². The summed E-state index contributed by atoms with van der Waals surface area (Å²) in [4.78, 5) is 14.6. The molecule has 0 atom stereocenters. The molecule has 0 saturated heterocycles. The summed E-state index contributed by atoms with van der Waals surface area (Å²) < 4.78 is 45.6. The van der Waals surface area contributed by atoms with E-state index in [1.165, 1.54) is 16.7 Å². The van der Waals surface area contributed by atoms with Gasteiger partial charge in [-0.05, 0) is 156 Å². The zero-order valence-electron chi connectivity index (χ0n) is 57.2. The molecule has 11 aromatic rings. The molecule has 0 fully saturated rings. The Labute approximate surface area is 523 Å². The number of hydrogen-bond donors (Lipinski definition) is 0. The molecular weight excluding hydrogens is 1050 g/mol. The second-order valence-corrected chi connectivity index (χ2v) is 27.5. The first kappa shape index (κ1) is 50.8. The van der Waals surface area contributed by atoms with Crippen LogP contribution in [-0.4, -0.2) is 11.7 Å². The number of nitrogens with zero attached hydrogens (tertiary/aromatic N) is 5. The normalized spacial score (nSPS) is 14.0. The van der Waals surface area contributed by atoms with Crippen molar-refractivity contribution in [2.45, 2.75) is 105 Å². The molecular formula is C82H79N5. The Morgan fingerprint density at radius 1 is 0.356 bits per heavy atom. The summed E-state index contributed by atoms with van der Waals surface area (Å²) in [6.07, 6.45) is 1.95. The number of fused-ring (bicyclic) bond motifs is 6. The molecule has 0 bridgehead atoms. The van der Waals surface area contributed by atoms with E-state index in [1.807, 2.05) is 18.3 Å². The summed E-state index contributed by atoms with van der Waals surface area (Å²) in [6.45, 7) is 27.3. The highest BCUT2D eigenvalue weighted by Crippen LogP contribution is 2.55. The number of pyridine rings is 1. The fraction of sp³-hybridized carbons (Fsp3) is 0.207. The number of rotatable bonds is 9. The average molecular weight is 1140 g/mol. The standard InChI is InChI=1S/C82H79N5/c1-79(2,3)59-43-44-83-77(51-59)87-73-36-23-22-33-70(73)72-47-57(55-27-16-13-17-28-55)39-41-69(72)71-42-40-64(53-76(71)87)86(63-31-20-15-21-32-63)66-50-62(82(10,11)12)49-65(52-66)84-54-85(75-38-25-24-37-74(75)84)78-67(56-29-18-14-19-30-56)34-26-35-68(78)58-45-60(80(4,5)6)48-61(46-58)81(7,8)9/h13-53H,54H2,1-12H3/i14D,18D,19D,29D,30D. The molecule has 0 saturated carbocycles. The van der Waals surface area contributed by atoms with Crippen LogP contribution in [-0.2, 0) is 21.7 Å². The summed E-state index contributed by atoms with van der Waals surface area (Å²) in [6, 6.07) is 74.8. The van der Waals surface area contributed by atoms with Crippen molar-refractivity contribution in [1.82, 2.24) is 4.98 Å². The van der Waals surface area contributed by atoms with Crippen LogP contribution in [0, 0.1) is 0 Å². The van der Waals surface area contributed by atoms with Crippen LogP contribution in [0.4, 0.5) is 57.0 Å². The Balaban J connectivity index is 1.03. The maximum Gasteiger partial charge on any atom is 0.137 e. The molecule has 3 heterocycles. The first-order valence-electron chi connectivity index (χ1n) is 33.0. The van der Waals surface area contributed by atoms with Crippen LogP contribution in [0.15, 0.2) is 249 Å². The van der Waals surface area contributed by atoms with Gasteiger partial charge in [0.25, 0.3) is 0 Å². The van der Waals surface area contributed by atoms with Gasteiger partial charge >= 0.3 is 0 Å². The van der Waals surface area contributed by atoms with Gasteiger partial charge in [0.2, 0.25) is 0 Å². The fourth-order valence-corrected chi connectivity index (χ4v) is 12.4. The van der Waals surface area contributed by atoms with Gasteiger partial charge in [0.15, 0.2) is 0 Å². The molecule has 2 aliphatic rings. The maximum atomic E-state index is 9.49. The lowest BCUT2D eigenvalue weighted by Crippen LogP contribution is -2.26. The van der Waals surface area contributed by atoms with E-state index >= 15 is 0 Å². The van der Waals surface area contributed by atoms with Crippen molar-refractivity contribution < 1.29 is 6.85 Å². The summed E-state index contributed by atoms with van der Waals surface area (Å²) in [5.74, 6) is 0.827. The van der Waals surface area contributed by atoms with Gasteiger partial charge in [-0.1, -0.05) is 247 Å².